The third kappa shape index (κ3) is 7.08. The van der Waals surface area contributed by atoms with Crippen LogP contribution in [0.15, 0.2) is 4.79 Å². The highest BCUT2D eigenvalue weighted by molar-refractivity contribution is 6.04. The Morgan fingerprint density at radius 2 is 1.81 bits per heavy atom. The molecule has 1 amide bonds. The van der Waals surface area contributed by atoms with Gasteiger partial charge in [-0.2, -0.15) is 0 Å². The molecule has 36 heavy (non-hydrogen) atoms. The maximum atomic E-state index is 13.1. The van der Waals surface area contributed by atoms with Crippen molar-refractivity contribution in [3.8, 4) is 0 Å². The molecule has 2 heterocycles. The summed E-state index contributed by atoms with van der Waals surface area (Å²) in [6.07, 6.45) is 6.22. The number of rotatable bonds is 9. The summed E-state index contributed by atoms with van der Waals surface area (Å²) >= 11 is 0. The molecule has 2 fully saturated rings. The lowest BCUT2D eigenvalue weighted by Gasteiger charge is -2.37. The highest BCUT2D eigenvalue weighted by Crippen LogP contribution is 2.27. The zero-order valence-corrected chi connectivity index (χ0v) is 23.2. The minimum absolute atomic E-state index is 0.0343. The number of hydrogen-bond donors (Lipinski definition) is 3. The third-order valence-corrected chi connectivity index (χ3v) is 7.51. The summed E-state index contributed by atoms with van der Waals surface area (Å²) in [6.45, 7) is 15.5. The molecule has 0 aromatic carbocycles. The number of aromatic nitrogens is 2. The first-order valence-electron chi connectivity index (χ1n) is 13.7. The summed E-state index contributed by atoms with van der Waals surface area (Å²) < 4.78 is 0. The van der Waals surface area contributed by atoms with E-state index in [4.69, 9.17) is 10.4 Å². The summed E-state index contributed by atoms with van der Waals surface area (Å²) in [5, 5.41) is 11.7. The van der Waals surface area contributed by atoms with Crippen molar-refractivity contribution < 1.29 is 4.79 Å². The summed E-state index contributed by atoms with van der Waals surface area (Å²) in [6, 6.07) is 0. The van der Waals surface area contributed by atoms with Crippen LogP contribution in [0.3, 0.4) is 0 Å². The van der Waals surface area contributed by atoms with Gasteiger partial charge >= 0.3 is 0 Å². The lowest BCUT2D eigenvalue weighted by Crippen LogP contribution is -2.51. The highest BCUT2D eigenvalue weighted by Gasteiger charge is 2.28. The first kappa shape index (κ1) is 28.2. The van der Waals surface area contributed by atoms with Crippen molar-refractivity contribution in [1.82, 2.24) is 19.8 Å². The molecular weight excluding hydrogens is 454 g/mol. The molecule has 9 heteroatoms. The predicted octanol–water partition coefficient (Wildman–Crippen LogP) is 3.41. The lowest BCUT2D eigenvalue weighted by atomic mass is 9.87. The fourth-order valence-corrected chi connectivity index (χ4v) is 5.16. The zero-order chi connectivity index (χ0) is 26.5. The number of hydrogen-bond acceptors (Lipinski definition) is 7. The van der Waals surface area contributed by atoms with Gasteiger partial charge < -0.3 is 20.5 Å². The van der Waals surface area contributed by atoms with Gasteiger partial charge in [-0.05, 0) is 18.8 Å². The summed E-state index contributed by atoms with van der Waals surface area (Å²) in [4.78, 5) is 39.9. The van der Waals surface area contributed by atoms with Crippen molar-refractivity contribution in [2.24, 2.45) is 17.3 Å². The second-order valence-electron chi connectivity index (χ2n) is 11.8. The van der Waals surface area contributed by atoms with Gasteiger partial charge in [0.1, 0.15) is 11.4 Å². The molecule has 1 aliphatic carbocycles. The highest BCUT2D eigenvalue weighted by atomic mass is 16.2. The van der Waals surface area contributed by atoms with Crippen LogP contribution in [-0.4, -0.2) is 84.2 Å². The number of piperazine rings is 1. The van der Waals surface area contributed by atoms with E-state index in [1.165, 1.54) is 32.1 Å². The smallest absolute Gasteiger partial charge is 0.276 e. The molecule has 3 N–H and O–H groups in total. The zero-order valence-electron chi connectivity index (χ0n) is 23.2. The topological polar surface area (TPSA) is 108 Å². The first-order chi connectivity index (χ1) is 17.0. The normalized spacial score (nSPS) is 17.9. The Hall–Kier alpha value is -2.42. The van der Waals surface area contributed by atoms with Gasteiger partial charge in [-0.15, -0.1) is 0 Å². The van der Waals surface area contributed by atoms with Gasteiger partial charge in [0.05, 0.1) is 5.71 Å². The first-order valence-corrected chi connectivity index (χ1v) is 13.7. The molecular formula is C27H47N7O2. The Morgan fingerprint density at radius 3 is 2.36 bits per heavy atom. The van der Waals surface area contributed by atoms with E-state index in [0.717, 1.165) is 45.8 Å². The van der Waals surface area contributed by atoms with E-state index in [0.29, 0.717) is 29.0 Å². The van der Waals surface area contributed by atoms with Crippen LogP contribution in [0.25, 0.3) is 0 Å². The average Bonchev–Trinajstić information content (AvgIpc) is 2.85. The predicted molar refractivity (Wildman–Crippen MR) is 147 cm³/mol. The standard InChI is InChI=1S/C27H47N7O2/c1-19(2)25(36)33-15-12-32(13-16-33)14-17-34(18-20-10-8-7-9-11-20)26-30-21(23(28)27(3,4)5)22(29-6)24(35)31-26/h19-20,28-29H,7-18H2,1-6H3,(H,30,31,35). The molecule has 1 aromatic rings. The Kier molecular flexibility index (Phi) is 9.55. The Morgan fingerprint density at radius 1 is 1.17 bits per heavy atom. The number of nitrogens with zero attached hydrogens (tertiary/aromatic N) is 4. The van der Waals surface area contributed by atoms with Crippen molar-refractivity contribution >= 4 is 23.3 Å². The van der Waals surface area contributed by atoms with E-state index >= 15 is 0 Å². The van der Waals surface area contributed by atoms with Gasteiger partial charge in [0.25, 0.3) is 5.56 Å². The van der Waals surface area contributed by atoms with E-state index in [1.54, 1.807) is 7.05 Å². The van der Waals surface area contributed by atoms with Gasteiger partial charge in [-0.3, -0.25) is 19.5 Å². The number of amides is 1. The fourth-order valence-electron chi connectivity index (χ4n) is 5.16. The van der Waals surface area contributed by atoms with Crippen molar-refractivity contribution in [3.63, 3.8) is 0 Å². The molecule has 0 unspecified atom stereocenters. The van der Waals surface area contributed by atoms with Crippen LogP contribution in [0.4, 0.5) is 11.6 Å². The minimum Gasteiger partial charge on any atom is -0.382 e. The van der Waals surface area contributed by atoms with Crippen molar-refractivity contribution in [3.05, 3.63) is 16.0 Å². The summed E-state index contributed by atoms with van der Waals surface area (Å²) in [7, 11) is 1.70. The Labute approximate surface area is 216 Å². The molecule has 0 spiro atoms. The monoisotopic (exact) mass is 501 g/mol. The number of aromatic amines is 1. The molecule has 1 saturated heterocycles. The second kappa shape index (κ2) is 12.2. The number of nitrogens with one attached hydrogen (secondary N) is 3. The van der Waals surface area contributed by atoms with Crippen LogP contribution >= 0.6 is 0 Å². The number of anilines is 2. The Balaban J connectivity index is 1.80. The van der Waals surface area contributed by atoms with Gasteiger partial charge in [0.2, 0.25) is 11.9 Å². The van der Waals surface area contributed by atoms with Crippen LogP contribution in [-0.2, 0) is 4.79 Å². The molecule has 3 rings (SSSR count). The largest absolute Gasteiger partial charge is 0.382 e. The van der Waals surface area contributed by atoms with Gasteiger partial charge in [0.15, 0.2) is 0 Å². The maximum Gasteiger partial charge on any atom is 0.276 e. The molecule has 1 aromatic heterocycles. The number of carbonyl (C=O) groups is 1. The van der Waals surface area contributed by atoms with Crippen LogP contribution in [0.1, 0.15) is 72.4 Å². The van der Waals surface area contributed by atoms with Crippen LogP contribution in [0, 0.1) is 22.7 Å². The molecule has 9 nitrogen and oxygen atoms in total. The molecule has 1 saturated carbocycles. The number of H-pyrrole nitrogens is 1. The Bertz CT molecular complexity index is 952. The van der Waals surface area contributed by atoms with Gasteiger partial charge in [0, 0.05) is 64.2 Å². The van der Waals surface area contributed by atoms with Crippen LogP contribution < -0.4 is 15.8 Å². The molecule has 202 valence electrons. The van der Waals surface area contributed by atoms with E-state index in [2.05, 4.69) is 20.1 Å². The van der Waals surface area contributed by atoms with Crippen molar-refractivity contribution in [1.29, 1.82) is 5.41 Å². The van der Waals surface area contributed by atoms with Crippen molar-refractivity contribution in [2.75, 3.05) is 63.1 Å². The minimum atomic E-state index is -0.426. The van der Waals surface area contributed by atoms with Crippen molar-refractivity contribution in [2.45, 2.75) is 66.7 Å². The SMILES string of the molecule is CNc1c(C(=N)C(C)(C)C)nc(N(CCN2CCN(C(=O)C(C)C)CC2)CC2CCCCC2)[nH]c1=O. The lowest BCUT2D eigenvalue weighted by molar-refractivity contribution is -0.136. The van der Waals surface area contributed by atoms with Gasteiger partial charge in [-0.1, -0.05) is 53.9 Å². The van der Waals surface area contributed by atoms with Crippen LogP contribution in [0.5, 0.6) is 0 Å². The van der Waals surface area contributed by atoms with E-state index in [9.17, 15) is 9.59 Å². The molecule has 2 aliphatic rings. The fraction of sp³-hybridized carbons (Fsp3) is 0.778. The molecule has 0 atom stereocenters. The second-order valence-corrected chi connectivity index (χ2v) is 11.8. The molecule has 0 bridgehead atoms. The summed E-state index contributed by atoms with van der Waals surface area (Å²) in [5.74, 6) is 1.40. The van der Waals surface area contributed by atoms with Crippen LogP contribution in [0.2, 0.25) is 0 Å². The van der Waals surface area contributed by atoms with E-state index in [1.807, 2.05) is 39.5 Å². The average molecular weight is 502 g/mol. The number of carbonyl (C=O) groups excluding carboxylic acids is 1. The molecule has 0 radical (unpaired) electrons. The third-order valence-electron chi connectivity index (χ3n) is 7.51. The van der Waals surface area contributed by atoms with E-state index < -0.39 is 5.41 Å². The quantitative estimate of drug-likeness (QED) is 0.448. The maximum absolute atomic E-state index is 13.1. The summed E-state index contributed by atoms with van der Waals surface area (Å²) in [5.41, 5.74) is 0.467. The van der Waals surface area contributed by atoms with Gasteiger partial charge in [-0.25, -0.2) is 4.98 Å². The van der Waals surface area contributed by atoms with E-state index in [-0.39, 0.29) is 17.4 Å². The molecule has 1 aliphatic heterocycles.